The van der Waals surface area contributed by atoms with Crippen LogP contribution in [0.4, 0.5) is 0 Å². The number of rotatable bonds is 5. The summed E-state index contributed by atoms with van der Waals surface area (Å²) >= 11 is 3.16. The maximum Gasteiger partial charge on any atom is 0.151 e. The Morgan fingerprint density at radius 3 is 2.24 bits per heavy atom. The molecule has 0 bridgehead atoms. The number of thioether (sulfide) groups is 2. The van der Waals surface area contributed by atoms with Gasteiger partial charge in [-0.15, -0.1) is 11.8 Å². The van der Waals surface area contributed by atoms with Crippen molar-refractivity contribution in [2.24, 2.45) is 17.6 Å². The van der Waals surface area contributed by atoms with Crippen LogP contribution in [0.3, 0.4) is 0 Å². The quantitative estimate of drug-likeness (QED) is 0.530. The van der Waals surface area contributed by atoms with Crippen LogP contribution in [0.2, 0.25) is 0 Å². The van der Waals surface area contributed by atoms with E-state index in [0.29, 0.717) is 0 Å². The molecule has 0 unspecified atom stereocenters. The van der Waals surface area contributed by atoms with Crippen molar-refractivity contribution < 1.29 is 0 Å². The summed E-state index contributed by atoms with van der Waals surface area (Å²) in [7, 11) is 0. The second-order valence-electron chi connectivity index (χ2n) is 4.76. The van der Waals surface area contributed by atoms with Gasteiger partial charge in [0.05, 0.1) is 5.04 Å². The normalized spacial score (nSPS) is 24.5. The first-order valence-electron chi connectivity index (χ1n) is 6.22. The zero-order valence-electron chi connectivity index (χ0n) is 10.5. The Labute approximate surface area is 113 Å². The van der Waals surface area contributed by atoms with Gasteiger partial charge in [-0.05, 0) is 43.8 Å². The average molecular weight is 273 g/mol. The first-order valence-corrected chi connectivity index (χ1v) is 8.19. The minimum atomic E-state index is 0.255. The van der Waals surface area contributed by atoms with Crippen molar-refractivity contribution in [2.45, 2.75) is 39.0 Å². The van der Waals surface area contributed by atoms with E-state index in [0.717, 1.165) is 28.4 Å². The molecule has 0 aromatic rings. The standard InChI is InChI=1S/C12H23N3S2/c1-9(13)16-7-6-10-2-4-11(5-3-10)8-17-12(14)15/h10-11,13H,2-8H2,1H3,(H3,14,15). The van der Waals surface area contributed by atoms with Crippen molar-refractivity contribution in [3.63, 3.8) is 0 Å². The molecule has 3 nitrogen and oxygen atoms in total. The van der Waals surface area contributed by atoms with Gasteiger partial charge >= 0.3 is 0 Å². The molecule has 17 heavy (non-hydrogen) atoms. The molecule has 98 valence electrons. The van der Waals surface area contributed by atoms with Crippen LogP contribution in [0.1, 0.15) is 39.0 Å². The molecule has 0 amide bonds. The van der Waals surface area contributed by atoms with Gasteiger partial charge in [-0.2, -0.15) is 0 Å². The molecule has 1 fully saturated rings. The van der Waals surface area contributed by atoms with Gasteiger partial charge in [0, 0.05) is 5.75 Å². The van der Waals surface area contributed by atoms with Gasteiger partial charge in [0.15, 0.2) is 5.17 Å². The average Bonchev–Trinajstić information content (AvgIpc) is 2.27. The van der Waals surface area contributed by atoms with Gasteiger partial charge in [0.1, 0.15) is 0 Å². The second kappa shape index (κ2) is 8.03. The molecule has 0 aliphatic heterocycles. The molecule has 5 heteroatoms. The van der Waals surface area contributed by atoms with Gasteiger partial charge in [-0.25, -0.2) is 0 Å². The molecule has 0 heterocycles. The summed E-state index contributed by atoms with van der Waals surface area (Å²) < 4.78 is 0. The van der Waals surface area contributed by atoms with Crippen molar-refractivity contribution in [1.82, 2.24) is 0 Å². The van der Waals surface area contributed by atoms with Crippen molar-refractivity contribution in [1.29, 1.82) is 10.8 Å². The monoisotopic (exact) mass is 273 g/mol. The Hall–Kier alpha value is -0.160. The highest BCUT2D eigenvalue weighted by atomic mass is 32.2. The molecular weight excluding hydrogens is 250 g/mol. The molecule has 0 aromatic carbocycles. The Bertz CT molecular complexity index is 260. The van der Waals surface area contributed by atoms with E-state index in [9.17, 15) is 0 Å². The molecule has 1 rings (SSSR count). The fraction of sp³-hybridized carbons (Fsp3) is 0.833. The summed E-state index contributed by atoms with van der Waals surface area (Å²) in [5.41, 5.74) is 5.35. The SMILES string of the molecule is CC(=N)SCCC1CCC(CSC(=N)N)CC1. The molecule has 4 N–H and O–H groups in total. The summed E-state index contributed by atoms with van der Waals surface area (Å²) in [6.45, 7) is 1.86. The van der Waals surface area contributed by atoms with Crippen LogP contribution in [0.15, 0.2) is 0 Å². The lowest BCUT2D eigenvalue weighted by molar-refractivity contribution is 0.289. The molecular formula is C12H23N3S2. The van der Waals surface area contributed by atoms with E-state index >= 15 is 0 Å². The van der Waals surface area contributed by atoms with E-state index in [1.54, 1.807) is 11.8 Å². The lowest BCUT2D eigenvalue weighted by Crippen LogP contribution is -2.18. The predicted octanol–water partition coefficient (Wildman–Crippen LogP) is 3.54. The summed E-state index contributed by atoms with van der Waals surface area (Å²) in [6.07, 6.45) is 6.48. The molecule has 0 aromatic heterocycles. The maximum absolute atomic E-state index is 7.37. The van der Waals surface area contributed by atoms with E-state index in [1.807, 2.05) is 6.92 Å². The first-order chi connectivity index (χ1) is 8.08. The summed E-state index contributed by atoms with van der Waals surface area (Å²) in [6, 6.07) is 0. The third-order valence-corrected chi connectivity index (χ3v) is 5.11. The fourth-order valence-corrected chi connectivity index (χ4v) is 3.78. The van der Waals surface area contributed by atoms with Crippen molar-refractivity contribution in [3.8, 4) is 0 Å². The number of hydrogen-bond acceptors (Lipinski definition) is 4. The zero-order valence-corrected chi connectivity index (χ0v) is 12.1. The van der Waals surface area contributed by atoms with Gasteiger partial charge in [0.25, 0.3) is 0 Å². The summed E-state index contributed by atoms with van der Waals surface area (Å²) in [5, 5.41) is 15.6. The van der Waals surface area contributed by atoms with E-state index in [4.69, 9.17) is 16.6 Å². The number of hydrogen-bond donors (Lipinski definition) is 3. The van der Waals surface area contributed by atoms with Gasteiger partial charge in [-0.3, -0.25) is 10.8 Å². The van der Waals surface area contributed by atoms with Crippen LogP contribution < -0.4 is 5.73 Å². The number of amidine groups is 1. The van der Waals surface area contributed by atoms with Crippen LogP contribution in [-0.2, 0) is 0 Å². The topological polar surface area (TPSA) is 73.7 Å². The van der Waals surface area contributed by atoms with Crippen LogP contribution in [0, 0.1) is 22.7 Å². The van der Waals surface area contributed by atoms with E-state index in [1.165, 1.54) is 43.9 Å². The van der Waals surface area contributed by atoms with Crippen molar-refractivity contribution >= 4 is 33.7 Å². The summed E-state index contributed by atoms with van der Waals surface area (Å²) in [4.78, 5) is 0. The molecule has 0 saturated heterocycles. The van der Waals surface area contributed by atoms with Crippen LogP contribution >= 0.6 is 23.5 Å². The van der Waals surface area contributed by atoms with Crippen LogP contribution in [0.5, 0.6) is 0 Å². The van der Waals surface area contributed by atoms with E-state index in [-0.39, 0.29) is 5.17 Å². The summed E-state index contributed by atoms with van der Waals surface area (Å²) in [5.74, 6) is 3.75. The Morgan fingerprint density at radius 1 is 1.12 bits per heavy atom. The third kappa shape index (κ3) is 6.99. The Balaban J connectivity index is 2.08. The second-order valence-corrected chi connectivity index (χ2v) is 7.13. The molecule has 1 aliphatic carbocycles. The van der Waals surface area contributed by atoms with E-state index < -0.39 is 0 Å². The Morgan fingerprint density at radius 2 is 1.71 bits per heavy atom. The molecule has 1 aliphatic rings. The predicted molar refractivity (Wildman–Crippen MR) is 80.3 cm³/mol. The van der Waals surface area contributed by atoms with Gasteiger partial charge in [-0.1, -0.05) is 24.6 Å². The highest BCUT2D eigenvalue weighted by Gasteiger charge is 2.21. The minimum absolute atomic E-state index is 0.255. The molecule has 1 saturated carbocycles. The van der Waals surface area contributed by atoms with Crippen LogP contribution in [0.25, 0.3) is 0 Å². The lowest BCUT2D eigenvalue weighted by atomic mass is 9.82. The smallest absolute Gasteiger partial charge is 0.151 e. The number of nitrogens with two attached hydrogens (primary N) is 1. The maximum atomic E-state index is 7.37. The molecule has 0 radical (unpaired) electrons. The Kier molecular flexibility index (Phi) is 7.04. The largest absolute Gasteiger partial charge is 0.379 e. The van der Waals surface area contributed by atoms with Gasteiger partial charge < -0.3 is 5.73 Å². The fourth-order valence-electron chi connectivity index (χ4n) is 2.27. The van der Waals surface area contributed by atoms with Crippen LogP contribution in [-0.4, -0.2) is 21.7 Å². The lowest BCUT2D eigenvalue weighted by Gasteiger charge is -2.28. The molecule has 0 spiro atoms. The van der Waals surface area contributed by atoms with Crippen molar-refractivity contribution in [3.05, 3.63) is 0 Å². The van der Waals surface area contributed by atoms with E-state index in [2.05, 4.69) is 0 Å². The zero-order chi connectivity index (χ0) is 12.7. The third-order valence-electron chi connectivity index (χ3n) is 3.29. The highest BCUT2D eigenvalue weighted by Crippen LogP contribution is 2.33. The van der Waals surface area contributed by atoms with Gasteiger partial charge in [0.2, 0.25) is 0 Å². The minimum Gasteiger partial charge on any atom is -0.379 e. The highest BCUT2D eigenvalue weighted by molar-refractivity contribution is 8.13. The molecule has 0 atom stereocenters. The number of nitrogens with one attached hydrogen (secondary N) is 2. The first kappa shape index (κ1) is 14.9. The van der Waals surface area contributed by atoms with Crippen molar-refractivity contribution in [2.75, 3.05) is 11.5 Å².